The number of amides is 1. The predicted molar refractivity (Wildman–Crippen MR) is 112 cm³/mol. The van der Waals surface area contributed by atoms with Gasteiger partial charge in [0.15, 0.2) is 5.82 Å². The van der Waals surface area contributed by atoms with E-state index in [0.29, 0.717) is 29.1 Å². The van der Waals surface area contributed by atoms with E-state index in [1.165, 1.54) is 19.4 Å². The fourth-order valence-corrected chi connectivity index (χ4v) is 4.34. The third-order valence-corrected chi connectivity index (χ3v) is 5.70. The molecule has 1 aliphatic heterocycles. The molecule has 1 aromatic carbocycles. The van der Waals surface area contributed by atoms with E-state index >= 15 is 4.39 Å². The molecule has 30 heavy (non-hydrogen) atoms. The third-order valence-electron chi connectivity index (χ3n) is 5.24. The van der Waals surface area contributed by atoms with Gasteiger partial charge in [0, 0.05) is 18.2 Å². The van der Waals surface area contributed by atoms with Crippen molar-refractivity contribution in [2.24, 2.45) is 0 Å². The molecule has 1 amide bonds. The number of benzene rings is 1. The lowest BCUT2D eigenvalue weighted by Crippen LogP contribution is -2.32. The predicted octanol–water partition coefficient (Wildman–Crippen LogP) is 5.42. The Morgan fingerprint density at radius 3 is 2.77 bits per heavy atom. The second kappa shape index (κ2) is 8.00. The Bertz CT molecular complexity index is 1130. The van der Waals surface area contributed by atoms with Gasteiger partial charge in [0.1, 0.15) is 11.3 Å². The Morgan fingerprint density at radius 2 is 2.07 bits per heavy atom. The summed E-state index contributed by atoms with van der Waals surface area (Å²) in [5, 5.41) is 0.286. The van der Waals surface area contributed by atoms with Gasteiger partial charge in [0.05, 0.1) is 35.6 Å². The number of hydrogen-bond acceptors (Lipinski definition) is 5. The van der Waals surface area contributed by atoms with Gasteiger partial charge in [-0.1, -0.05) is 11.6 Å². The van der Waals surface area contributed by atoms with Crippen molar-refractivity contribution in [3.8, 4) is 11.3 Å². The molecule has 1 fully saturated rings. The van der Waals surface area contributed by atoms with Gasteiger partial charge in [-0.3, -0.25) is 4.90 Å². The van der Waals surface area contributed by atoms with Crippen LogP contribution in [0.5, 0.6) is 0 Å². The zero-order valence-corrected chi connectivity index (χ0v) is 18.2. The average molecular weight is 452 g/mol. The summed E-state index contributed by atoms with van der Waals surface area (Å²) in [6.07, 6.45) is 2.52. The SMILES string of the molecule is COC(=O)N1CCC[C@@H]1c1nc2c(F)cc(-c3nc(Cl)ncc3Cl)cc2n1C(C)C. The lowest BCUT2D eigenvalue weighted by molar-refractivity contribution is 0.116. The van der Waals surface area contributed by atoms with E-state index in [4.69, 9.17) is 27.9 Å². The van der Waals surface area contributed by atoms with Crippen LogP contribution in [0.1, 0.15) is 44.6 Å². The lowest BCUT2D eigenvalue weighted by atomic mass is 10.1. The molecular formula is C20H20Cl2FN5O2. The molecule has 0 aliphatic carbocycles. The van der Waals surface area contributed by atoms with Crippen LogP contribution in [0.3, 0.4) is 0 Å². The number of nitrogens with zero attached hydrogens (tertiary/aromatic N) is 5. The molecule has 10 heteroatoms. The van der Waals surface area contributed by atoms with Crippen LogP contribution in [0, 0.1) is 5.82 Å². The number of aromatic nitrogens is 4. The molecule has 3 heterocycles. The van der Waals surface area contributed by atoms with Crippen molar-refractivity contribution in [2.75, 3.05) is 13.7 Å². The summed E-state index contributed by atoms with van der Waals surface area (Å²) in [6, 6.07) is 2.81. The Morgan fingerprint density at radius 1 is 1.30 bits per heavy atom. The standard InChI is InChI=1S/C20H20Cl2FN5O2/c1-10(2)28-15-8-11(16-12(21)9-24-19(22)26-16)7-13(23)17(15)25-18(28)14-5-4-6-27(14)20(29)30-3/h7-10,14H,4-6H2,1-3H3/t14-/m1/s1. The molecule has 158 valence electrons. The van der Waals surface area contributed by atoms with Crippen molar-refractivity contribution in [1.29, 1.82) is 0 Å². The topological polar surface area (TPSA) is 73.1 Å². The van der Waals surface area contributed by atoms with Crippen molar-refractivity contribution >= 4 is 40.3 Å². The van der Waals surface area contributed by atoms with Crippen LogP contribution in [0.4, 0.5) is 9.18 Å². The van der Waals surface area contributed by atoms with Crippen LogP contribution in [0.25, 0.3) is 22.3 Å². The molecular weight excluding hydrogens is 432 g/mol. The van der Waals surface area contributed by atoms with Crippen LogP contribution >= 0.6 is 23.2 Å². The van der Waals surface area contributed by atoms with Crippen LogP contribution < -0.4 is 0 Å². The summed E-state index contributed by atoms with van der Waals surface area (Å²) < 4.78 is 22.0. The molecule has 0 unspecified atom stereocenters. The van der Waals surface area contributed by atoms with Crippen LogP contribution in [-0.2, 0) is 4.74 Å². The molecule has 0 N–H and O–H groups in total. The first-order valence-corrected chi connectivity index (χ1v) is 10.3. The molecule has 4 rings (SSSR count). The minimum Gasteiger partial charge on any atom is -0.453 e. The summed E-state index contributed by atoms with van der Waals surface area (Å²) in [6.45, 7) is 4.55. The van der Waals surface area contributed by atoms with Gasteiger partial charge in [-0.2, -0.15) is 0 Å². The fourth-order valence-electron chi connectivity index (χ4n) is 4.00. The maximum Gasteiger partial charge on any atom is 0.410 e. The monoisotopic (exact) mass is 451 g/mol. The van der Waals surface area contributed by atoms with Gasteiger partial charge in [-0.15, -0.1) is 0 Å². The zero-order valence-electron chi connectivity index (χ0n) is 16.7. The molecule has 0 spiro atoms. The highest BCUT2D eigenvalue weighted by molar-refractivity contribution is 6.33. The number of likely N-dealkylation sites (tertiary alicyclic amines) is 1. The van der Waals surface area contributed by atoms with E-state index in [1.807, 2.05) is 18.4 Å². The Labute approximate surface area is 182 Å². The molecule has 1 aliphatic rings. The average Bonchev–Trinajstić information content (AvgIpc) is 3.33. The number of carbonyl (C=O) groups excluding carboxylic acids is 1. The third kappa shape index (κ3) is 3.48. The number of methoxy groups -OCH3 is 1. The van der Waals surface area contributed by atoms with Gasteiger partial charge < -0.3 is 9.30 Å². The van der Waals surface area contributed by atoms with Gasteiger partial charge in [0.25, 0.3) is 0 Å². The second-order valence-electron chi connectivity index (χ2n) is 7.42. The largest absolute Gasteiger partial charge is 0.453 e. The number of fused-ring (bicyclic) bond motifs is 1. The summed E-state index contributed by atoms with van der Waals surface area (Å²) in [5.74, 6) is 0.127. The summed E-state index contributed by atoms with van der Waals surface area (Å²) in [4.78, 5) is 26.5. The van der Waals surface area contributed by atoms with E-state index in [-0.39, 0.29) is 27.9 Å². The highest BCUT2D eigenvalue weighted by Gasteiger charge is 2.35. The van der Waals surface area contributed by atoms with Gasteiger partial charge in [0.2, 0.25) is 5.28 Å². The summed E-state index contributed by atoms with van der Waals surface area (Å²) >= 11 is 12.1. The van der Waals surface area contributed by atoms with E-state index in [2.05, 4.69) is 15.0 Å². The van der Waals surface area contributed by atoms with Crippen molar-refractivity contribution in [1.82, 2.24) is 24.4 Å². The van der Waals surface area contributed by atoms with E-state index in [1.54, 1.807) is 11.0 Å². The minimum atomic E-state index is -0.503. The maximum atomic E-state index is 15.1. The Kier molecular flexibility index (Phi) is 5.55. The van der Waals surface area contributed by atoms with Gasteiger partial charge in [-0.25, -0.2) is 24.1 Å². The first-order valence-electron chi connectivity index (χ1n) is 9.56. The van der Waals surface area contributed by atoms with E-state index in [9.17, 15) is 4.79 Å². The van der Waals surface area contributed by atoms with Crippen LogP contribution in [0.2, 0.25) is 10.3 Å². The lowest BCUT2D eigenvalue weighted by Gasteiger charge is -2.25. The number of halogens is 3. The quantitative estimate of drug-likeness (QED) is 0.496. The normalized spacial score (nSPS) is 16.6. The number of carbonyl (C=O) groups is 1. The molecule has 1 atom stereocenters. The second-order valence-corrected chi connectivity index (χ2v) is 8.16. The number of hydrogen-bond donors (Lipinski definition) is 0. The molecule has 0 saturated carbocycles. The smallest absolute Gasteiger partial charge is 0.410 e. The van der Waals surface area contributed by atoms with Gasteiger partial charge >= 0.3 is 6.09 Å². The number of rotatable bonds is 3. The first kappa shape index (κ1) is 20.8. The zero-order chi connectivity index (χ0) is 21.6. The summed E-state index contributed by atoms with van der Waals surface area (Å²) in [5.41, 5.74) is 1.64. The molecule has 3 aromatic rings. The minimum absolute atomic E-state index is 0.0210. The fraction of sp³-hybridized carbons (Fsp3) is 0.400. The maximum absolute atomic E-state index is 15.1. The van der Waals surface area contributed by atoms with E-state index in [0.717, 1.165) is 12.8 Å². The first-order chi connectivity index (χ1) is 14.3. The molecule has 7 nitrogen and oxygen atoms in total. The van der Waals surface area contributed by atoms with Crippen LogP contribution in [0.15, 0.2) is 18.3 Å². The Balaban J connectivity index is 1.92. The highest BCUT2D eigenvalue weighted by atomic mass is 35.5. The summed E-state index contributed by atoms with van der Waals surface area (Å²) in [7, 11) is 1.35. The molecule has 0 radical (unpaired) electrons. The van der Waals surface area contributed by atoms with Crippen molar-refractivity contribution < 1.29 is 13.9 Å². The van der Waals surface area contributed by atoms with Crippen LogP contribution in [-0.4, -0.2) is 44.2 Å². The van der Waals surface area contributed by atoms with Crippen molar-refractivity contribution in [2.45, 2.75) is 38.8 Å². The molecule has 2 aromatic heterocycles. The van der Waals surface area contributed by atoms with Crippen molar-refractivity contribution in [3.05, 3.63) is 40.3 Å². The number of imidazole rings is 1. The van der Waals surface area contributed by atoms with Gasteiger partial charge in [-0.05, 0) is 50.4 Å². The highest BCUT2D eigenvalue weighted by Crippen LogP contribution is 2.38. The van der Waals surface area contributed by atoms with E-state index < -0.39 is 11.9 Å². The Hall–Kier alpha value is -2.45. The molecule has 0 bridgehead atoms. The number of ether oxygens (including phenoxy) is 1. The van der Waals surface area contributed by atoms with Crippen molar-refractivity contribution in [3.63, 3.8) is 0 Å². The molecule has 1 saturated heterocycles.